The Morgan fingerprint density at radius 1 is 1.32 bits per heavy atom. The number of halogens is 3. The molecule has 0 aromatic carbocycles. The third-order valence-electron chi connectivity index (χ3n) is 5.12. The van der Waals surface area contributed by atoms with Gasteiger partial charge in [0.2, 0.25) is 5.91 Å². The number of nitrogens with zero attached hydrogens (tertiary/aromatic N) is 1. The van der Waals surface area contributed by atoms with Crippen molar-refractivity contribution >= 4 is 11.9 Å². The molecule has 4 nitrogen and oxygen atoms in total. The smallest absolute Gasteiger partial charge is 0.406 e. The lowest BCUT2D eigenvalue weighted by Gasteiger charge is -2.28. The molecular formula is C15H22F3NO3. The molecule has 22 heavy (non-hydrogen) atoms. The van der Waals surface area contributed by atoms with Crippen molar-refractivity contribution in [1.29, 1.82) is 0 Å². The number of carbonyl (C=O) groups is 2. The summed E-state index contributed by atoms with van der Waals surface area (Å²) in [7, 11) is 0. The van der Waals surface area contributed by atoms with Crippen molar-refractivity contribution in [2.45, 2.75) is 51.6 Å². The molecular weight excluding hydrogens is 299 g/mol. The molecule has 2 aliphatic rings. The van der Waals surface area contributed by atoms with Crippen molar-refractivity contribution in [2.24, 2.45) is 17.3 Å². The Labute approximate surface area is 127 Å². The summed E-state index contributed by atoms with van der Waals surface area (Å²) in [6, 6.07) is 0. The minimum absolute atomic E-state index is 0.139. The van der Waals surface area contributed by atoms with Crippen LogP contribution in [-0.2, 0) is 9.59 Å². The molecule has 0 aromatic rings. The summed E-state index contributed by atoms with van der Waals surface area (Å²) >= 11 is 0. The maximum Gasteiger partial charge on any atom is 0.406 e. The number of carboxylic acids is 1. The second kappa shape index (κ2) is 6.08. The SMILES string of the molecule is CC(CC1CCCC1)C(=O)N1CCC(C(=O)O)(C(F)(F)F)C1. The van der Waals surface area contributed by atoms with Gasteiger partial charge in [0.15, 0.2) is 5.41 Å². The summed E-state index contributed by atoms with van der Waals surface area (Å²) in [5.41, 5.74) is -2.81. The lowest BCUT2D eigenvalue weighted by Crippen LogP contribution is -2.48. The van der Waals surface area contributed by atoms with Crippen molar-refractivity contribution in [1.82, 2.24) is 4.90 Å². The van der Waals surface area contributed by atoms with Crippen LogP contribution in [0.4, 0.5) is 13.2 Å². The molecule has 1 N–H and O–H groups in total. The maximum absolute atomic E-state index is 13.1. The highest BCUT2D eigenvalue weighted by Crippen LogP contribution is 2.46. The Bertz CT molecular complexity index is 446. The summed E-state index contributed by atoms with van der Waals surface area (Å²) in [6.45, 7) is 0.828. The highest BCUT2D eigenvalue weighted by Gasteiger charge is 2.64. The zero-order chi connectivity index (χ0) is 16.5. The number of hydrogen-bond donors (Lipinski definition) is 1. The van der Waals surface area contributed by atoms with Crippen LogP contribution in [0.1, 0.15) is 45.4 Å². The Balaban J connectivity index is 2.01. The third kappa shape index (κ3) is 3.08. The molecule has 2 unspecified atom stereocenters. The predicted octanol–water partition coefficient (Wildman–Crippen LogP) is 3.07. The van der Waals surface area contributed by atoms with Crippen LogP contribution >= 0.6 is 0 Å². The molecule has 0 bridgehead atoms. The van der Waals surface area contributed by atoms with Crippen LogP contribution in [0, 0.1) is 17.3 Å². The molecule has 1 aliphatic carbocycles. The molecule has 1 amide bonds. The van der Waals surface area contributed by atoms with Crippen LogP contribution in [0.2, 0.25) is 0 Å². The summed E-state index contributed by atoms with van der Waals surface area (Å²) in [6.07, 6.45) is -0.298. The lowest BCUT2D eigenvalue weighted by molar-refractivity contribution is -0.227. The second-order valence-electron chi connectivity index (χ2n) is 6.68. The van der Waals surface area contributed by atoms with Gasteiger partial charge in [0.1, 0.15) is 0 Å². The fourth-order valence-corrected chi connectivity index (χ4v) is 3.68. The van der Waals surface area contributed by atoms with Crippen molar-refractivity contribution < 1.29 is 27.9 Å². The van der Waals surface area contributed by atoms with E-state index in [4.69, 9.17) is 5.11 Å². The molecule has 0 aromatic heterocycles. The monoisotopic (exact) mass is 321 g/mol. The topological polar surface area (TPSA) is 57.6 Å². The van der Waals surface area contributed by atoms with Gasteiger partial charge in [-0.2, -0.15) is 13.2 Å². The lowest BCUT2D eigenvalue weighted by atomic mass is 9.86. The van der Waals surface area contributed by atoms with Gasteiger partial charge in [0, 0.05) is 19.0 Å². The van der Waals surface area contributed by atoms with Crippen molar-refractivity contribution in [3.05, 3.63) is 0 Å². The largest absolute Gasteiger partial charge is 0.481 e. The average molecular weight is 321 g/mol. The molecule has 0 spiro atoms. The molecule has 7 heteroatoms. The van der Waals surface area contributed by atoms with E-state index in [0.29, 0.717) is 12.3 Å². The Kier molecular flexibility index (Phi) is 4.73. The number of rotatable bonds is 4. The van der Waals surface area contributed by atoms with Crippen LogP contribution in [0.25, 0.3) is 0 Å². The fraction of sp³-hybridized carbons (Fsp3) is 0.867. The molecule has 1 saturated carbocycles. The highest BCUT2D eigenvalue weighted by molar-refractivity contribution is 5.82. The van der Waals surface area contributed by atoms with Gasteiger partial charge in [-0.3, -0.25) is 9.59 Å². The molecule has 1 aliphatic heterocycles. The van der Waals surface area contributed by atoms with Gasteiger partial charge in [-0.1, -0.05) is 32.6 Å². The first-order valence-electron chi connectivity index (χ1n) is 7.76. The number of alkyl halides is 3. The molecule has 1 heterocycles. The summed E-state index contributed by atoms with van der Waals surface area (Å²) in [5.74, 6) is -2.12. The van der Waals surface area contributed by atoms with Gasteiger partial charge in [-0.05, 0) is 18.8 Å². The van der Waals surface area contributed by atoms with Crippen molar-refractivity contribution in [3.8, 4) is 0 Å². The first-order valence-corrected chi connectivity index (χ1v) is 7.76. The van der Waals surface area contributed by atoms with Crippen LogP contribution < -0.4 is 0 Å². The molecule has 2 fully saturated rings. The van der Waals surface area contributed by atoms with Crippen molar-refractivity contribution in [3.63, 3.8) is 0 Å². The minimum Gasteiger partial charge on any atom is -0.481 e. The predicted molar refractivity (Wildman–Crippen MR) is 73.1 cm³/mol. The third-order valence-corrected chi connectivity index (χ3v) is 5.12. The quantitative estimate of drug-likeness (QED) is 0.866. The van der Waals surface area contributed by atoms with E-state index in [2.05, 4.69) is 0 Å². The number of hydrogen-bond acceptors (Lipinski definition) is 2. The Morgan fingerprint density at radius 3 is 2.36 bits per heavy atom. The molecule has 2 rings (SSSR count). The first-order chi connectivity index (χ1) is 10.2. The summed E-state index contributed by atoms with van der Waals surface area (Å²) in [5, 5.41) is 9.01. The van der Waals surface area contributed by atoms with Gasteiger partial charge in [0.05, 0.1) is 0 Å². The second-order valence-corrected chi connectivity index (χ2v) is 6.68. The Hall–Kier alpha value is -1.27. The molecule has 2 atom stereocenters. The van der Waals surface area contributed by atoms with Gasteiger partial charge < -0.3 is 10.0 Å². The number of aliphatic carboxylic acids is 1. The maximum atomic E-state index is 13.1. The van der Waals surface area contributed by atoms with Crippen molar-refractivity contribution in [2.75, 3.05) is 13.1 Å². The van der Waals surface area contributed by atoms with E-state index in [1.165, 1.54) is 0 Å². The molecule has 1 saturated heterocycles. The molecule has 126 valence electrons. The molecule has 0 radical (unpaired) electrons. The standard InChI is InChI=1S/C15H22F3NO3/c1-10(8-11-4-2-3-5-11)12(20)19-7-6-14(9-19,13(21)22)15(16,17)18/h10-11H,2-9H2,1H3,(H,21,22). The minimum atomic E-state index is -4.84. The number of amides is 1. The summed E-state index contributed by atoms with van der Waals surface area (Å²) < 4.78 is 39.3. The number of likely N-dealkylation sites (tertiary alicyclic amines) is 1. The Morgan fingerprint density at radius 2 is 1.91 bits per heavy atom. The fourth-order valence-electron chi connectivity index (χ4n) is 3.68. The van der Waals surface area contributed by atoms with E-state index in [0.717, 1.165) is 30.6 Å². The first kappa shape index (κ1) is 17.1. The normalized spacial score (nSPS) is 28.1. The zero-order valence-corrected chi connectivity index (χ0v) is 12.7. The highest BCUT2D eigenvalue weighted by atomic mass is 19.4. The van der Waals surface area contributed by atoms with E-state index in [9.17, 15) is 22.8 Å². The van der Waals surface area contributed by atoms with Gasteiger partial charge in [-0.25, -0.2) is 0 Å². The van der Waals surface area contributed by atoms with Crippen LogP contribution in [0.5, 0.6) is 0 Å². The van der Waals surface area contributed by atoms with E-state index >= 15 is 0 Å². The van der Waals surface area contributed by atoms with E-state index in [1.807, 2.05) is 0 Å². The van der Waals surface area contributed by atoms with E-state index in [1.54, 1.807) is 6.92 Å². The number of carboxylic acid groups (broad SMARTS) is 1. The zero-order valence-electron chi connectivity index (χ0n) is 12.7. The van der Waals surface area contributed by atoms with Gasteiger partial charge >= 0.3 is 12.1 Å². The van der Waals surface area contributed by atoms with Crippen LogP contribution in [0.3, 0.4) is 0 Å². The van der Waals surface area contributed by atoms with E-state index < -0.39 is 30.5 Å². The van der Waals surface area contributed by atoms with E-state index in [-0.39, 0.29) is 18.4 Å². The van der Waals surface area contributed by atoms with Gasteiger partial charge in [-0.15, -0.1) is 0 Å². The number of carbonyl (C=O) groups excluding carboxylic acids is 1. The van der Waals surface area contributed by atoms with Gasteiger partial charge in [0.25, 0.3) is 0 Å². The van der Waals surface area contributed by atoms with Crippen LogP contribution in [-0.4, -0.2) is 41.1 Å². The van der Waals surface area contributed by atoms with Crippen LogP contribution in [0.15, 0.2) is 0 Å². The summed E-state index contributed by atoms with van der Waals surface area (Å²) in [4.78, 5) is 24.5. The average Bonchev–Trinajstić information content (AvgIpc) is 3.05.